The van der Waals surface area contributed by atoms with Gasteiger partial charge in [-0.05, 0) is 33.1 Å². The molecule has 6 nitrogen and oxygen atoms in total. The molecule has 2 fully saturated rings. The number of hydrogen-bond acceptors (Lipinski definition) is 3. The van der Waals surface area contributed by atoms with E-state index in [9.17, 15) is 9.59 Å². The monoisotopic (exact) mass is 256 g/mol. The molecule has 0 aromatic heterocycles. The van der Waals surface area contributed by atoms with Gasteiger partial charge in [-0.1, -0.05) is 0 Å². The first-order chi connectivity index (χ1) is 8.44. The summed E-state index contributed by atoms with van der Waals surface area (Å²) in [7, 11) is 0. The second-order valence-electron chi connectivity index (χ2n) is 5.30. The Balaban J connectivity index is 2.01. The normalized spacial score (nSPS) is 35.8. The molecule has 0 aliphatic carbocycles. The lowest BCUT2D eigenvalue weighted by molar-refractivity contribution is -0.141. The molecule has 2 aliphatic rings. The highest BCUT2D eigenvalue weighted by Gasteiger charge is 2.41. The van der Waals surface area contributed by atoms with Crippen LogP contribution in [0.1, 0.15) is 33.1 Å². The molecule has 0 radical (unpaired) electrons. The molecule has 6 heteroatoms. The van der Waals surface area contributed by atoms with Gasteiger partial charge in [0.05, 0.1) is 11.6 Å². The van der Waals surface area contributed by atoms with Crippen LogP contribution in [0.4, 0.5) is 4.79 Å². The summed E-state index contributed by atoms with van der Waals surface area (Å²) in [6.07, 6.45) is 1.98. The lowest BCUT2D eigenvalue weighted by Crippen LogP contribution is -2.56. The zero-order valence-electron chi connectivity index (χ0n) is 10.8. The predicted molar refractivity (Wildman–Crippen MR) is 64.3 cm³/mol. The highest BCUT2D eigenvalue weighted by molar-refractivity contribution is 5.83. The third-order valence-electron chi connectivity index (χ3n) is 4.08. The Hall–Kier alpha value is -1.30. The van der Waals surface area contributed by atoms with Gasteiger partial charge in [-0.15, -0.1) is 0 Å². The SMILES string of the molecule is CC1OCCC1(C)NC(=O)N1CCC[C@H]1C(=O)O. The lowest BCUT2D eigenvalue weighted by Gasteiger charge is -2.32. The number of urea groups is 1. The number of carboxylic acid groups (broad SMARTS) is 1. The van der Waals surface area contributed by atoms with Gasteiger partial charge in [-0.25, -0.2) is 9.59 Å². The van der Waals surface area contributed by atoms with Gasteiger partial charge >= 0.3 is 12.0 Å². The Kier molecular flexibility index (Phi) is 3.47. The van der Waals surface area contributed by atoms with Crippen LogP contribution in [-0.4, -0.2) is 52.8 Å². The number of amides is 2. The predicted octanol–water partition coefficient (Wildman–Crippen LogP) is 0.812. The topological polar surface area (TPSA) is 78.9 Å². The van der Waals surface area contributed by atoms with Gasteiger partial charge in [0, 0.05) is 13.2 Å². The molecular weight excluding hydrogens is 236 g/mol. The van der Waals surface area contributed by atoms with Crippen molar-refractivity contribution in [3.8, 4) is 0 Å². The standard InChI is InChI=1S/C12H20N2O4/c1-8-12(2,5-7-18-8)13-11(17)14-6-3-4-9(14)10(15)16/h8-9H,3-7H2,1-2H3,(H,13,17)(H,15,16)/t8?,9-,12?/m0/s1. The number of carbonyl (C=O) groups excluding carboxylic acids is 1. The molecule has 0 aromatic carbocycles. The van der Waals surface area contributed by atoms with Crippen LogP contribution in [0.25, 0.3) is 0 Å². The van der Waals surface area contributed by atoms with Crippen LogP contribution in [0.15, 0.2) is 0 Å². The van der Waals surface area contributed by atoms with Crippen LogP contribution in [0.3, 0.4) is 0 Å². The molecule has 2 unspecified atom stereocenters. The number of nitrogens with one attached hydrogen (secondary N) is 1. The van der Waals surface area contributed by atoms with E-state index in [0.717, 1.165) is 12.8 Å². The molecule has 0 spiro atoms. The molecule has 102 valence electrons. The third kappa shape index (κ3) is 2.29. The summed E-state index contributed by atoms with van der Waals surface area (Å²) in [5.41, 5.74) is -0.400. The van der Waals surface area contributed by atoms with Crippen LogP contribution >= 0.6 is 0 Å². The van der Waals surface area contributed by atoms with Crippen molar-refractivity contribution in [3.63, 3.8) is 0 Å². The fourth-order valence-corrected chi connectivity index (χ4v) is 2.58. The number of carboxylic acids is 1. The van der Waals surface area contributed by atoms with Crippen LogP contribution in [0.2, 0.25) is 0 Å². The minimum absolute atomic E-state index is 0.0488. The number of carbonyl (C=O) groups is 2. The van der Waals surface area contributed by atoms with E-state index in [2.05, 4.69) is 5.32 Å². The average molecular weight is 256 g/mol. The van der Waals surface area contributed by atoms with Gasteiger partial charge in [0.25, 0.3) is 0 Å². The van der Waals surface area contributed by atoms with Gasteiger partial charge in [-0.3, -0.25) is 0 Å². The molecule has 0 saturated carbocycles. The quantitative estimate of drug-likeness (QED) is 0.766. The minimum atomic E-state index is -0.927. The van der Waals surface area contributed by atoms with E-state index in [1.165, 1.54) is 4.90 Å². The molecule has 2 aliphatic heterocycles. The van der Waals surface area contributed by atoms with Crippen LogP contribution in [0, 0.1) is 0 Å². The van der Waals surface area contributed by atoms with E-state index in [4.69, 9.17) is 9.84 Å². The van der Waals surface area contributed by atoms with Crippen LogP contribution in [0.5, 0.6) is 0 Å². The molecule has 2 saturated heterocycles. The summed E-state index contributed by atoms with van der Waals surface area (Å²) in [4.78, 5) is 24.6. The van der Waals surface area contributed by atoms with Gasteiger partial charge in [0.15, 0.2) is 0 Å². The highest BCUT2D eigenvalue weighted by atomic mass is 16.5. The molecule has 0 aromatic rings. The van der Waals surface area contributed by atoms with E-state index in [1.807, 2.05) is 13.8 Å². The van der Waals surface area contributed by atoms with Gasteiger partial charge in [0.1, 0.15) is 6.04 Å². The van der Waals surface area contributed by atoms with E-state index in [-0.39, 0.29) is 12.1 Å². The van der Waals surface area contributed by atoms with Crippen molar-refractivity contribution in [1.29, 1.82) is 0 Å². The minimum Gasteiger partial charge on any atom is -0.480 e. The van der Waals surface area contributed by atoms with Crippen LogP contribution < -0.4 is 5.32 Å². The average Bonchev–Trinajstić information content (AvgIpc) is 2.87. The van der Waals surface area contributed by atoms with E-state index < -0.39 is 17.6 Å². The number of nitrogens with zero attached hydrogens (tertiary/aromatic N) is 1. The van der Waals surface area contributed by atoms with E-state index in [1.54, 1.807) is 0 Å². The van der Waals surface area contributed by atoms with E-state index in [0.29, 0.717) is 19.6 Å². The molecule has 2 rings (SSSR count). The van der Waals surface area contributed by atoms with Gasteiger partial charge in [-0.2, -0.15) is 0 Å². The third-order valence-corrected chi connectivity index (χ3v) is 4.08. The lowest BCUT2D eigenvalue weighted by atomic mass is 9.95. The van der Waals surface area contributed by atoms with Crippen molar-refractivity contribution in [2.75, 3.05) is 13.2 Å². The van der Waals surface area contributed by atoms with Crippen molar-refractivity contribution < 1.29 is 19.4 Å². The first-order valence-electron chi connectivity index (χ1n) is 6.37. The Morgan fingerprint density at radius 1 is 1.50 bits per heavy atom. The second-order valence-corrected chi connectivity index (χ2v) is 5.30. The maximum Gasteiger partial charge on any atom is 0.326 e. The molecule has 0 bridgehead atoms. The Morgan fingerprint density at radius 3 is 2.78 bits per heavy atom. The number of rotatable bonds is 2. The van der Waals surface area contributed by atoms with Crippen LogP contribution in [-0.2, 0) is 9.53 Å². The van der Waals surface area contributed by atoms with Crippen molar-refractivity contribution in [2.24, 2.45) is 0 Å². The van der Waals surface area contributed by atoms with Gasteiger partial charge < -0.3 is 20.1 Å². The summed E-state index contributed by atoms with van der Waals surface area (Å²) in [6.45, 7) is 4.99. The smallest absolute Gasteiger partial charge is 0.326 e. The first-order valence-corrected chi connectivity index (χ1v) is 6.37. The maximum atomic E-state index is 12.2. The molecule has 2 N–H and O–H groups in total. The zero-order chi connectivity index (χ0) is 13.3. The second kappa shape index (κ2) is 4.76. The maximum absolute atomic E-state index is 12.2. The van der Waals surface area contributed by atoms with Crippen molar-refractivity contribution >= 4 is 12.0 Å². The molecule has 3 atom stereocenters. The van der Waals surface area contributed by atoms with Crippen molar-refractivity contribution in [3.05, 3.63) is 0 Å². The summed E-state index contributed by atoms with van der Waals surface area (Å²) >= 11 is 0. The zero-order valence-corrected chi connectivity index (χ0v) is 10.8. The fourth-order valence-electron chi connectivity index (χ4n) is 2.58. The van der Waals surface area contributed by atoms with Gasteiger partial charge in [0.2, 0.25) is 0 Å². The number of likely N-dealkylation sites (tertiary alicyclic amines) is 1. The summed E-state index contributed by atoms with van der Waals surface area (Å²) in [6, 6.07) is -0.981. The molecule has 18 heavy (non-hydrogen) atoms. The number of ether oxygens (including phenoxy) is 1. The molecular formula is C12H20N2O4. The number of aliphatic carboxylic acids is 1. The summed E-state index contributed by atoms with van der Waals surface area (Å²) in [5, 5.41) is 12.0. The summed E-state index contributed by atoms with van der Waals surface area (Å²) in [5.74, 6) is -0.927. The van der Waals surface area contributed by atoms with Crippen molar-refractivity contribution in [2.45, 2.75) is 50.8 Å². The Labute approximate surface area is 106 Å². The molecule has 2 heterocycles. The molecule has 2 amide bonds. The fraction of sp³-hybridized carbons (Fsp3) is 0.833. The Bertz CT molecular complexity index is 360. The largest absolute Gasteiger partial charge is 0.480 e. The summed E-state index contributed by atoms with van der Waals surface area (Å²) < 4.78 is 5.46. The Morgan fingerprint density at radius 2 is 2.22 bits per heavy atom. The number of hydrogen-bond donors (Lipinski definition) is 2. The first kappa shape index (κ1) is 13.1. The van der Waals surface area contributed by atoms with E-state index >= 15 is 0 Å². The van der Waals surface area contributed by atoms with Crippen molar-refractivity contribution in [1.82, 2.24) is 10.2 Å². The highest BCUT2D eigenvalue weighted by Crippen LogP contribution is 2.26.